The number of pyridine rings is 1. The predicted octanol–water partition coefficient (Wildman–Crippen LogP) is 2.43. The highest BCUT2D eigenvalue weighted by atomic mass is 32.2. The van der Waals surface area contributed by atoms with E-state index >= 15 is 0 Å². The van der Waals surface area contributed by atoms with Crippen LogP contribution in [0.5, 0.6) is 0 Å². The van der Waals surface area contributed by atoms with Gasteiger partial charge >= 0.3 is 5.97 Å². The molecule has 1 aromatic carbocycles. The molecule has 1 aliphatic rings. The quantitative estimate of drug-likeness (QED) is 0.516. The van der Waals surface area contributed by atoms with Crippen LogP contribution in [0.3, 0.4) is 0 Å². The van der Waals surface area contributed by atoms with E-state index in [-0.39, 0.29) is 9.23 Å². The second-order valence-electron chi connectivity index (χ2n) is 6.01. The van der Waals surface area contributed by atoms with Gasteiger partial charge in [0.25, 0.3) is 5.91 Å². The largest absolute Gasteiger partial charge is 0.480 e. The summed E-state index contributed by atoms with van der Waals surface area (Å²) in [5.74, 6) is -4.35. The molecule has 11 heteroatoms. The molecule has 0 spiro atoms. The van der Waals surface area contributed by atoms with Gasteiger partial charge < -0.3 is 10.4 Å². The topological polar surface area (TPSA) is 99.6 Å². The molecule has 2 amide bonds. The summed E-state index contributed by atoms with van der Waals surface area (Å²) in [5.41, 5.74) is 1.13. The third kappa shape index (κ3) is 5.05. The first-order valence-electron chi connectivity index (χ1n) is 8.41. The van der Waals surface area contributed by atoms with E-state index in [0.717, 1.165) is 28.8 Å². The Morgan fingerprint density at radius 2 is 2.00 bits per heavy atom. The summed E-state index contributed by atoms with van der Waals surface area (Å²) < 4.78 is 26.8. The van der Waals surface area contributed by atoms with E-state index < -0.39 is 42.5 Å². The molecule has 0 atom stereocenters. The summed E-state index contributed by atoms with van der Waals surface area (Å²) in [7, 11) is 0. The third-order valence-electron chi connectivity index (χ3n) is 3.88. The number of hydrogen-bond donors (Lipinski definition) is 2. The van der Waals surface area contributed by atoms with Crippen LogP contribution in [-0.2, 0) is 14.4 Å². The molecular weight excluding hydrogens is 436 g/mol. The number of nitrogens with zero attached hydrogens (tertiary/aromatic N) is 2. The summed E-state index contributed by atoms with van der Waals surface area (Å²) >= 11 is 6.10. The normalized spacial score (nSPS) is 15.0. The third-order valence-corrected chi connectivity index (χ3v) is 5.25. The first-order valence-corrected chi connectivity index (χ1v) is 9.63. The Hall–Kier alpha value is -3.18. The number of rotatable bonds is 6. The first kappa shape index (κ1) is 21.5. The van der Waals surface area contributed by atoms with Gasteiger partial charge in [0.2, 0.25) is 5.91 Å². The van der Waals surface area contributed by atoms with Crippen molar-refractivity contribution in [3.05, 3.63) is 58.6 Å². The molecule has 1 aliphatic heterocycles. The lowest BCUT2D eigenvalue weighted by atomic mass is 10.1. The van der Waals surface area contributed by atoms with Gasteiger partial charge in [0.15, 0.2) is 11.6 Å². The van der Waals surface area contributed by atoms with Crippen LogP contribution in [0.15, 0.2) is 41.3 Å². The van der Waals surface area contributed by atoms with Crippen molar-refractivity contribution < 1.29 is 28.3 Å². The zero-order valence-electron chi connectivity index (χ0n) is 15.1. The van der Waals surface area contributed by atoms with Crippen molar-refractivity contribution in [2.75, 3.05) is 13.1 Å². The molecule has 1 aromatic heterocycles. The molecule has 1 saturated heterocycles. The Morgan fingerprint density at radius 1 is 1.23 bits per heavy atom. The van der Waals surface area contributed by atoms with Gasteiger partial charge in [-0.15, -0.1) is 0 Å². The van der Waals surface area contributed by atoms with Crippen LogP contribution in [0.2, 0.25) is 0 Å². The van der Waals surface area contributed by atoms with Crippen molar-refractivity contribution in [1.29, 1.82) is 0 Å². The van der Waals surface area contributed by atoms with Crippen molar-refractivity contribution in [2.45, 2.75) is 0 Å². The minimum atomic E-state index is -1.21. The lowest BCUT2D eigenvalue weighted by molar-refractivity contribution is -0.138. The smallest absolute Gasteiger partial charge is 0.322 e. The Kier molecular flexibility index (Phi) is 6.53. The minimum Gasteiger partial charge on any atom is -0.480 e. The number of carbonyl (C=O) groups excluding carboxylic acids is 2. The van der Waals surface area contributed by atoms with Crippen LogP contribution >= 0.6 is 24.0 Å². The highest BCUT2D eigenvalue weighted by molar-refractivity contribution is 8.26. The van der Waals surface area contributed by atoms with Gasteiger partial charge in [0, 0.05) is 5.56 Å². The fourth-order valence-electron chi connectivity index (χ4n) is 2.49. The fraction of sp³-hybridized carbons (Fsp3) is 0.105. The van der Waals surface area contributed by atoms with Crippen molar-refractivity contribution in [2.24, 2.45) is 0 Å². The second-order valence-corrected chi connectivity index (χ2v) is 7.69. The number of aliphatic carboxylic acids is 1. The average molecular weight is 449 g/mol. The summed E-state index contributed by atoms with van der Waals surface area (Å²) in [4.78, 5) is 40.5. The van der Waals surface area contributed by atoms with E-state index in [1.807, 2.05) is 0 Å². The number of aromatic nitrogens is 1. The molecule has 0 aliphatic carbocycles. The van der Waals surface area contributed by atoms with Crippen LogP contribution in [-0.4, -0.2) is 50.2 Å². The molecule has 0 radical (unpaired) electrons. The van der Waals surface area contributed by atoms with Gasteiger partial charge in [-0.3, -0.25) is 19.3 Å². The number of halogens is 2. The van der Waals surface area contributed by atoms with Crippen molar-refractivity contribution in [3.8, 4) is 11.3 Å². The van der Waals surface area contributed by atoms with Gasteiger partial charge in [-0.2, -0.15) is 0 Å². The SMILES string of the molecule is O=C(O)CNC(=O)CN1C(=O)/C(=C/c2cccc(-c3ccc(F)c(F)c3)n2)SC1=S. The standard InChI is InChI=1S/C19H13F2N3O4S2/c20-12-5-4-10(6-13(12)21)14-3-1-2-11(23-14)7-15-18(28)24(19(29)30-15)9-16(25)22-8-17(26)27/h1-7H,8-9H2,(H,22,25)(H,26,27)/b15-7-. The van der Waals surface area contributed by atoms with Crippen LogP contribution in [0, 0.1) is 11.6 Å². The highest BCUT2D eigenvalue weighted by Crippen LogP contribution is 2.32. The van der Waals surface area contributed by atoms with E-state index in [0.29, 0.717) is 17.0 Å². The molecule has 3 rings (SSSR count). The number of benzene rings is 1. The van der Waals surface area contributed by atoms with E-state index in [9.17, 15) is 23.2 Å². The maximum Gasteiger partial charge on any atom is 0.322 e. The predicted molar refractivity (Wildman–Crippen MR) is 110 cm³/mol. The average Bonchev–Trinajstić information content (AvgIpc) is 2.96. The maximum atomic E-state index is 13.5. The summed E-state index contributed by atoms with van der Waals surface area (Å²) in [6, 6.07) is 8.29. The summed E-state index contributed by atoms with van der Waals surface area (Å²) in [6.45, 7) is -0.970. The number of amides is 2. The monoisotopic (exact) mass is 449 g/mol. The number of carbonyl (C=O) groups is 3. The minimum absolute atomic E-state index is 0.147. The number of thiocarbonyl (C=S) groups is 1. The van der Waals surface area contributed by atoms with E-state index in [4.69, 9.17) is 17.3 Å². The van der Waals surface area contributed by atoms with Crippen LogP contribution in [0.1, 0.15) is 5.69 Å². The van der Waals surface area contributed by atoms with Gasteiger partial charge in [-0.25, -0.2) is 13.8 Å². The maximum absolute atomic E-state index is 13.5. The summed E-state index contributed by atoms with van der Waals surface area (Å²) in [6.07, 6.45) is 1.47. The van der Waals surface area contributed by atoms with Crippen LogP contribution in [0.4, 0.5) is 8.78 Å². The highest BCUT2D eigenvalue weighted by Gasteiger charge is 2.33. The van der Waals surface area contributed by atoms with Gasteiger partial charge in [-0.05, 0) is 36.4 Å². The molecular formula is C19H13F2N3O4S2. The van der Waals surface area contributed by atoms with Crippen LogP contribution < -0.4 is 5.32 Å². The number of hydrogen-bond acceptors (Lipinski definition) is 6. The Morgan fingerprint density at radius 3 is 2.70 bits per heavy atom. The molecule has 0 unspecified atom stereocenters. The van der Waals surface area contributed by atoms with E-state index in [1.54, 1.807) is 18.2 Å². The van der Waals surface area contributed by atoms with Crippen LogP contribution in [0.25, 0.3) is 17.3 Å². The number of thioether (sulfide) groups is 1. The molecule has 30 heavy (non-hydrogen) atoms. The molecule has 2 N–H and O–H groups in total. The zero-order valence-corrected chi connectivity index (χ0v) is 16.7. The molecule has 0 saturated carbocycles. The Bertz CT molecular complexity index is 1090. The van der Waals surface area contributed by atoms with E-state index in [2.05, 4.69) is 10.3 Å². The zero-order chi connectivity index (χ0) is 21.8. The molecule has 154 valence electrons. The molecule has 2 heterocycles. The van der Waals surface area contributed by atoms with Crippen molar-refractivity contribution >= 4 is 52.2 Å². The van der Waals surface area contributed by atoms with Gasteiger partial charge in [0.05, 0.1) is 16.3 Å². The Labute approximate surface area is 178 Å². The molecule has 2 aromatic rings. The van der Waals surface area contributed by atoms with Gasteiger partial charge in [0.1, 0.15) is 17.4 Å². The van der Waals surface area contributed by atoms with E-state index in [1.165, 1.54) is 12.1 Å². The first-order chi connectivity index (χ1) is 14.2. The second kappa shape index (κ2) is 9.09. The summed E-state index contributed by atoms with van der Waals surface area (Å²) in [5, 5.41) is 10.7. The lowest BCUT2D eigenvalue weighted by Crippen LogP contribution is -2.41. The molecule has 7 nitrogen and oxygen atoms in total. The Balaban J connectivity index is 1.78. The molecule has 0 bridgehead atoms. The fourth-order valence-corrected chi connectivity index (χ4v) is 3.73. The molecule has 1 fully saturated rings. The van der Waals surface area contributed by atoms with Crippen molar-refractivity contribution in [3.63, 3.8) is 0 Å². The number of carboxylic acids is 1. The van der Waals surface area contributed by atoms with Gasteiger partial charge in [-0.1, -0.05) is 30.0 Å². The number of carboxylic acid groups (broad SMARTS) is 1. The van der Waals surface area contributed by atoms with Crippen molar-refractivity contribution in [1.82, 2.24) is 15.2 Å². The number of nitrogens with one attached hydrogen (secondary N) is 1. The lowest BCUT2D eigenvalue weighted by Gasteiger charge is -2.13.